The van der Waals surface area contributed by atoms with Crippen molar-refractivity contribution in [2.24, 2.45) is 0 Å². The average Bonchev–Trinajstić information content (AvgIpc) is 2.93. The molecule has 6 heteroatoms. The van der Waals surface area contributed by atoms with Gasteiger partial charge in [0.05, 0.1) is 0 Å². The summed E-state index contributed by atoms with van der Waals surface area (Å²) in [5.41, 5.74) is 1.81. The first-order valence-electron chi connectivity index (χ1n) is 6.33. The second-order valence-corrected chi connectivity index (χ2v) is 5.65. The highest BCUT2D eigenvalue weighted by molar-refractivity contribution is 7.13. The van der Waals surface area contributed by atoms with E-state index in [1.165, 1.54) is 11.3 Å². The SMILES string of the molecule is CC[C@H](Nc1cccc(Cl)c1C)C(=O)Nc1nccs1. The third kappa shape index (κ3) is 3.49. The molecule has 106 valence electrons. The lowest BCUT2D eigenvalue weighted by Crippen LogP contribution is -2.34. The number of benzene rings is 1. The zero-order valence-electron chi connectivity index (χ0n) is 11.3. The van der Waals surface area contributed by atoms with Crippen molar-refractivity contribution in [2.45, 2.75) is 26.3 Å². The van der Waals surface area contributed by atoms with Crippen LogP contribution in [-0.4, -0.2) is 16.9 Å². The van der Waals surface area contributed by atoms with Crippen LogP contribution >= 0.6 is 22.9 Å². The van der Waals surface area contributed by atoms with Crippen molar-refractivity contribution in [3.05, 3.63) is 40.4 Å². The molecule has 0 aliphatic carbocycles. The minimum absolute atomic E-state index is 0.0955. The number of thiazole rings is 1. The summed E-state index contributed by atoms with van der Waals surface area (Å²) in [6, 6.07) is 5.29. The number of nitrogens with zero attached hydrogens (tertiary/aromatic N) is 1. The first kappa shape index (κ1) is 14.8. The molecule has 0 unspecified atom stereocenters. The van der Waals surface area contributed by atoms with Gasteiger partial charge in [-0.2, -0.15) is 0 Å². The lowest BCUT2D eigenvalue weighted by Gasteiger charge is -2.19. The van der Waals surface area contributed by atoms with Crippen LogP contribution in [0.3, 0.4) is 0 Å². The Bertz CT molecular complexity index is 586. The number of aromatic nitrogens is 1. The summed E-state index contributed by atoms with van der Waals surface area (Å²) >= 11 is 7.49. The van der Waals surface area contributed by atoms with Gasteiger partial charge in [-0.3, -0.25) is 4.79 Å². The molecule has 2 rings (SSSR count). The Labute approximate surface area is 127 Å². The van der Waals surface area contributed by atoms with Crippen molar-refractivity contribution in [3.8, 4) is 0 Å². The Morgan fingerprint density at radius 2 is 2.30 bits per heavy atom. The number of halogens is 1. The average molecular weight is 310 g/mol. The Morgan fingerprint density at radius 1 is 1.50 bits per heavy atom. The van der Waals surface area contributed by atoms with E-state index in [9.17, 15) is 4.79 Å². The summed E-state index contributed by atoms with van der Waals surface area (Å²) in [5, 5.41) is 9.15. The van der Waals surface area contributed by atoms with Gasteiger partial charge in [0.25, 0.3) is 0 Å². The molecule has 4 nitrogen and oxygen atoms in total. The van der Waals surface area contributed by atoms with Gasteiger partial charge in [0.15, 0.2) is 5.13 Å². The Hall–Kier alpha value is -1.59. The minimum atomic E-state index is -0.323. The Kier molecular flexibility index (Phi) is 4.98. The van der Waals surface area contributed by atoms with Gasteiger partial charge >= 0.3 is 0 Å². The van der Waals surface area contributed by atoms with Crippen molar-refractivity contribution in [1.29, 1.82) is 0 Å². The van der Waals surface area contributed by atoms with Crippen molar-refractivity contribution in [3.63, 3.8) is 0 Å². The van der Waals surface area contributed by atoms with E-state index < -0.39 is 0 Å². The fraction of sp³-hybridized carbons (Fsp3) is 0.286. The number of carbonyl (C=O) groups excluding carboxylic acids is 1. The third-order valence-electron chi connectivity index (χ3n) is 2.98. The van der Waals surface area contributed by atoms with Gasteiger partial charge in [-0.1, -0.05) is 24.6 Å². The van der Waals surface area contributed by atoms with E-state index in [4.69, 9.17) is 11.6 Å². The Balaban J connectivity index is 2.08. The van der Waals surface area contributed by atoms with E-state index in [1.54, 1.807) is 6.20 Å². The van der Waals surface area contributed by atoms with E-state index in [1.807, 2.05) is 37.4 Å². The maximum Gasteiger partial charge on any atom is 0.248 e. The van der Waals surface area contributed by atoms with Crippen molar-refractivity contribution >= 4 is 39.7 Å². The van der Waals surface area contributed by atoms with E-state index in [-0.39, 0.29) is 11.9 Å². The molecule has 1 amide bonds. The third-order valence-corrected chi connectivity index (χ3v) is 4.08. The van der Waals surface area contributed by atoms with Crippen LogP contribution in [0.1, 0.15) is 18.9 Å². The molecule has 1 atom stereocenters. The molecule has 2 N–H and O–H groups in total. The summed E-state index contributed by atoms with van der Waals surface area (Å²) in [6.45, 7) is 3.88. The smallest absolute Gasteiger partial charge is 0.248 e. The second-order valence-electron chi connectivity index (χ2n) is 4.34. The zero-order valence-corrected chi connectivity index (χ0v) is 12.9. The van der Waals surface area contributed by atoms with Crippen LogP contribution in [0.4, 0.5) is 10.8 Å². The molecule has 20 heavy (non-hydrogen) atoms. The molecule has 0 saturated heterocycles. The first-order chi connectivity index (χ1) is 9.61. The number of hydrogen-bond acceptors (Lipinski definition) is 4. The molecule has 0 aliphatic rings. The number of anilines is 2. The van der Waals surface area contributed by atoms with Crippen LogP contribution in [0.15, 0.2) is 29.8 Å². The maximum atomic E-state index is 12.2. The highest BCUT2D eigenvalue weighted by atomic mass is 35.5. The molecular weight excluding hydrogens is 294 g/mol. The topological polar surface area (TPSA) is 54.0 Å². The molecular formula is C14H16ClN3OS. The van der Waals surface area contributed by atoms with E-state index in [0.717, 1.165) is 11.3 Å². The summed E-state index contributed by atoms with van der Waals surface area (Å²) in [4.78, 5) is 16.3. The fourth-order valence-corrected chi connectivity index (χ4v) is 2.49. The number of amides is 1. The number of hydrogen-bond donors (Lipinski definition) is 2. The molecule has 0 bridgehead atoms. The van der Waals surface area contributed by atoms with Crippen molar-refractivity contribution < 1.29 is 4.79 Å². The molecule has 0 saturated carbocycles. The standard InChI is InChI=1S/C14H16ClN3OS/c1-3-11(13(19)18-14-16-7-8-20-14)17-12-6-4-5-10(15)9(12)2/h4-8,11,17H,3H2,1-2H3,(H,16,18,19)/t11-/m0/s1. The van der Waals surface area contributed by atoms with Gasteiger partial charge < -0.3 is 10.6 Å². The van der Waals surface area contributed by atoms with Crippen LogP contribution < -0.4 is 10.6 Å². The minimum Gasteiger partial charge on any atom is -0.373 e. The molecule has 2 aromatic rings. The highest BCUT2D eigenvalue weighted by Gasteiger charge is 2.18. The molecule has 1 aromatic carbocycles. The van der Waals surface area contributed by atoms with Gasteiger partial charge in [0, 0.05) is 22.3 Å². The number of nitrogens with one attached hydrogen (secondary N) is 2. The van der Waals surface area contributed by atoms with Crippen LogP contribution in [0.2, 0.25) is 5.02 Å². The zero-order chi connectivity index (χ0) is 14.5. The largest absolute Gasteiger partial charge is 0.373 e. The Morgan fingerprint density at radius 3 is 2.95 bits per heavy atom. The molecule has 1 aromatic heterocycles. The number of carbonyl (C=O) groups is 1. The van der Waals surface area contributed by atoms with Gasteiger partial charge in [-0.25, -0.2) is 4.98 Å². The predicted octanol–water partition coefficient (Wildman–Crippen LogP) is 3.93. The predicted molar refractivity (Wildman–Crippen MR) is 84.6 cm³/mol. The fourth-order valence-electron chi connectivity index (χ4n) is 1.78. The summed E-state index contributed by atoms with van der Waals surface area (Å²) in [6.07, 6.45) is 2.33. The maximum absolute atomic E-state index is 12.2. The van der Waals surface area contributed by atoms with Crippen LogP contribution in [-0.2, 0) is 4.79 Å². The monoisotopic (exact) mass is 309 g/mol. The van der Waals surface area contributed by atoms with Crippen LogP contribution in [0, 0.1) is 6.92 Å². The van der Waals surface area contributed by atoms with Crippen molar-refractivity contribution in [1.82, 2.24) is 4.98 Å². The van der Waals surface area contributed by atoms with Crippen LogP contribution in [0.5, 0.6) is 0 Å². The molecule has 0 radical (unpaired) electrons. The number of rotatable bonds is 5. The van der Waals surface area contributed by atoms with Gasteiger partial charge in [-0.05, 0) is 31.0 Å². The quantitative estimate of drug-likeness (QED) is 0.879. The summed E-state index contributed by atoms with van der Waals surface area (Å²) in [5.74, 6) is -0.0955. The lowest BCUT2D eigenvalue weighted by molar-refractivity contribution is -0.116. The first-order valence-corrected chi connectivity index (χ1v) is 7.59. The van der Waals surface area contributed by atoms with Crippen LogP contribution in [0.25, 0.3) is 0 Å². The lowest BCUT2D eigenvalue weighted by atomic mass is 10.1. The van der Waals surface area contributed by atoms with Crippen molar-refractivity contribution in [2.75, 3.05) is 10.6 Å². The molecule has 1 heterocycles. The molecule has 0 fully saturated rings. The highest BCUT2D eigenvalue weighted by Crippen LogP contribution is 2.24. The molecule has 0 spiro atoms. The van der Waals surface area contributed by atoms with E-state index in [0.29, 0.717) is 16.6 Å². The van der Waals surface area contributed by atoms with Gasteiger partial charge in [-0.15, -0.1) is 11.3 Å². The van der Waals surface area contributed by atoms with E-state index >= 15 is 0 Å². The molecule has 0 aliphatic heterocycles. The second kappa shape index (κ2) is 6.72. The normalized spacial score (nSPS) is 11.9. The summed E-state index contributed by atoms with van der Waals surface area (Å²) < 4.78 is 0. The van der Waals surface area contributed by atoms with E-state index in [2.05, 4.69) is 15.6 Å². The van der Waals surface area contributed by atoms with Gasteiger partial charge in [0.2, 0.25) is 5.91 Å². The van der Waals surface area contributed by atoms with Gasteiger partial charge in [0.1, 0.15) is 6.04 Å². The summed E-state index contributed by atoms with van der Waals surface area (Å²) in [7, 11) is 0.